The van der Waals surface area contributed by atoms with Crippen molar-refractivity contribution >= 4 is 5.97 Å². The van der Waals surface area contributed by atoms with E-state index in [1.54, 1.807) is 0 Å². The quantitative estimate of drug-likeness (QED) is 0.813. The van der Waals surface area contributed by atoms with Gasteiger partial charge in [0.25, 0.3) is 0 Å². The predicted molar refractivity (Wildman–Crippen MR) is 75.0 cm³/mol. The minimum absolute atomic E-state index is 0.211. The van der Waals surface area contributed by atoms with E-state index in [0.717, 1.165) is 6.42 Å². The topological polar surface area (TPSA) is 37.3 Å². The number of carboxylic acids is 1. The maximum absolute atomic E-state index is 10.6. The Morgan fingerprint density at radius 2 is 1.83 bits per heavy atom. The Labute approximate surface area is 110 Å². The number of carboxylic acid groups (broad SMARTS) is 1. The van der Waals surface area contributed by atoms with E-state index >= 15 is 0 Å². The maximum Gasteiger partial charge on any atom is 0.303 e. The van der Waals surface area contributed by atoms with Crippen molar-refractivity contribution in [1.82, 2.24) is 0 Å². The predicted octanol–water partition coefficient (Wildman–Crippen LogP) is 4.34. The first-order valence-electron chi connectivity index (χ1n) is 6.69. The van der Waals surface area contributed by atoms with Crippen LogP contribution >= 0.6 is 0 Å². The molecule has 0 saturated carbocycles. The smallest absolute Gasteiger partial charge is 0.303 e. The largest absolute Gasteiger partial charge is 0.481 e. The first-order valence-corrected chi connectivity index (χ1v) is 6.69. The molecule has 1 atom stereocenters. The van der Waals surface area contributed by atoms with Gasteiger partial charge in [-0.15, -0.1) is 0 Å². The Morgan fingerprint density at radius 1 is 1.28 bits per heavy atom. The van der Waals surface area contributed by atoms with Crippen LogP contribution in [-0.4, -0.2) is 11.1 Å². The molecule has 1 aromatic carbocycles. The number of benzene rings is 1. The first kappa shape index (κ1) is 14.7. The van der Waals surface area contributed by atoms with E-state index < -0.39 is 5.97 Å². The molecule has 0 heterocycles. The van der Waals surface area contributed by atoms with Gasteiger partial charge in [0.2, 0.25) is 0 Å². The molecule has 2 heteroatoms. The fraction of sp³-hybridized carbons (Fsp3) is 0.562. The molecular formula is C16H24O2. The standard InChI is InChI=1S/C16H24O2/c1-5-16(3,4)14-9-7-13(8-10-14)12(2)6-11-15(17)18/h7-10,12H,5-6,11H2,1-4H3,(H,17,18). The van der Waals surface area contributed by atoms with E-state index in [-0.39, 0.29) is 11.8 Å². The second-order valence-corrected chi connectivity index (χ2v) is 5.69. The van der Waals surface area contributed by atoms with Crippen molar-refractivity contribution in [2.45, 2.75) is 58.3 Å². The monoisotopic (exact) mass is 248 g/mol. The molecule has 100 valence electrons. The van der Waals surface area contributed by atoms with E-state index in [2.05, 4.69) is 52.0 Å². The minimum Gasteiger partial charge on any atom is -0.481 e. The lowest BCUT2D eigenvalue weighted by Crippen LogP contribution is -2.15. The van der Waals surface area contributed by atoms with Crippen LogP contribution in [0.25, 0.3) is 0 Å². The maximum atomic E-state index is 10.6. The summed E-state index contributed by atoms with van der Waals surface area (Å²) in [7, 11) is 0. The van der Waals surface area contributed by atoms with Gasteiger partial charge in [-0.1, -0.05) is 52.0 Å². The van der Waals surface area contributed by atoms with E-state index in [9.17, 15) is 4.79 Å². The highest BCUT2D eigenvalue weighted by atomic mass is 16.4. The van der Waals surface area contributed by atoms with Crippen LogP contribution in [0.2, 0.25) is 0 Å². The first-order chi connectivity index (χ1) is 8.36. The normalized spacial score (nSPS) is 13.3. The van der Waals surface area contributed by atoms with Crippen molar-refractivity contribution < 1.29 is 9.90 Å². The van der Waals surface area contributed by atoms with Crippen LogP contribution in [0.3, 0.4) is 0 Å². The average molecular weight is 248 g/mol. The average Bonchev–Trinajstić information content (AvgIpc) is 2.36. The third-order valence-electron chi connectivity index (χ3n) is 3.94. The lowest BCUT2D eigenvalue weighted by Gasteiger charge is -2.24. The van der Waals surface area contributed by atoms with Crippen LogP contribution in [0.5, 0.6) is 0 Å². The summed E-state index contributed by atoms with van der Waals surface area (Å²) in [5.41, 5.74) is 2.79. The van der Waals surface area contributed by atoms with Crippen LogP contribution in [0, 0.1) is 0 Å². The molecule has 0 fully saturated rings. The Morgan fingerprint density at radius 3 is 2.28 bits per heavy atom. The molecule has 0 aliphatic rings. The summed E-state index contributed by atoms with van der Waals surface area (Å²) in [4.78, 5) is 10.6. The summed E-state index contributed by atoms with van der Waals surface area (Å²) < 4.78 is 0. The molecule has 1 rings (SSSR count). The fourth-order valence-corrected chi connectivity index (χ4v) is 1.97. The highest BCUT2D eigenvalue weighted by Gasteiger charge is 2.18. The molecule has 0 spiro atoms. The summed E-state index contributed by atoms with van der Waals surface area (Å²) in [5, 5.41) is 8.69. The molecule has 0 aliphatic heterocycles. The van der Waals surface area contributed by atoms with Crippen LogP contribution in [0.1, 0.15) is 64.0 Å². The highest BCUT2D eigenvalue weighted by molar-refractivity contribution is 5.66. The molecule has 0 radical (unpaired) electrons. The summed E-state index contributed by atoms with van der Waals surface area (Å²) in [5.74, 6) is -0.412. The molecule has 2 nitrogen and oxygen atoms in total. The molecule has 1 aromatic rings. The highest BCUT2D eigenvalue weighted by Crippen LogP contribution is 2.28. The Hall–Kier alpha value is -1.31. The molecule has 1 unspecified atom stereocenters. The molecule has 0 aromatic heterocycles. The fourth-order valence-electron chi connectivity index (χ4n) is 1.97. The molecule has 0 saturated heterocycles. The van der Waals surface area contributed by atoms with Gasteiger partial charge in [-0.25, -0.2) is 0 Å². The number of aliphatic carboxylic acids is 1. The van der Waals surface area contributed by atoms with Gasteiger partial charge in [-0.05, 0) is 35.3 Å². The summed E-state index contributed by atoms with van der Waals surface area (Å²) in [6.07, 6.45) is 2.05. The van der Waals surface area contributed by atoms with E-state index in [1.807, 2.05) is 0 Å². The van der Waals surface area contributed by atoms with Crippen molar-refractivity contribution in [2.75, 3.05) is 0 Å². The minimum atomic E-state index is -0.717. The SMILES string of the molecule is CCC(C)(C)c1ccc(C(C)CCC(=O)O)cc1. The summed E-state index contributed by atoms with van der Waals surface area (Å²) >= 11 is 0. The van der Waals surface area contributed by atoms with Crippen LogP contribution in [0.15, 0.2) is 24.3 Å². The van der Waals surface area contributed by atoms with Crippen molar-refractivity contribution in [3.63, 3.8) is 0 Å². The zero-order valence-electron chi connectivity index (χ0n) is 11.9. The second-order valence-electron chi connectivity index (χ2n) is 5.69. The molecule has 0 bridgehead atoms. The molecule has 1 N–H and O–H groups in total. The van der Waals surface area contributed by atoms with Crippen molar-refractivity contribution in [3.8, 4) is 0 Å². The van der Waals surface area contributed by atoms with Gasteiger partial charge < -0.3 is 5.11 Å². The van der Waals surface area contributed by atoms with E-state index in [0.29, 0.717) is 12.3 Å². The molecule has 18 heavy (non-hydrogen) atoms. The van der Waals surface area contributed by atoms with Crippen molar-refractivity contribution in [2.24, 2.45) is 0 Å². The van der Waals surface area contributed by atoms with E-state index in [1.165, 1.54) is 11.1 Å². The van der Waals surface area contributed by atoms with Crippen molar-refractivity contribution in [1.29, 1.82) is 0 Å². The Kier molecular flexibility index (Phi) is 4.94. The number of rotatable bonds is 6. The lowest BCUT2D eigenvalue weighted by molar-refractivity contribution is -0.137. The summed E-state index contributed by atoms with van der Waals surface area (Å²) in [6.45, 7) is 8.78. The second kappa shape index (κ2) is 6.03. The number of hydrogen-bond acceptors (Lipinski definition) is 1. The summed E-state index contributed by atoms with van der Waals surface area (Å²) in [6, 6.07) is 8.63. The lowest BCUT2D eigenvalue weighted by atomic mass is 9.81. The zero-order valence-corrected chi connectivity index (χ0v) is 11.9. The van der Waals surface area contributed by atoms with Gasteiger partial charge in [0, 0.05) is 6.42 Å². The van der Waals surface area contributed by atoms with Gasteiger partial charge in [0.15, 0.2) is 0 Å². The van der Waals surface area contributed by atoms with Gasteiger partial charge >= 0.3 is 5.97 Å². The number of hydrogen-bond donors (Lipinski definition) is 1. The molecule has 0 amide bonds. The van der Waals surface area contributed by atoms with E-state index in [4.69, 9.17) is 5.11 Å². The van der Waals surface area contributed by atoms with Crippen LogP contribution < -0.4 is 0 Å². The molecule has 0 aliphatic carbocycles. The third kappa shape index (κ3) is 3.86. The van der Waals surface area contributed by atoms with Gasteiger partial charge in [0.1, 0.15) is 0 Å². The Balaban J connectivity index is 2.73. The van der Waals surface area contributed by atoms with Gasteiger partial charge in [-0.3, -0.25) is 4.79 Å². The third-order valence-corrected chi connectivity index (χ3v) is 3.94. The van der Waals surface area contributed by atoms with Gasteiger partial charge in [0.05, 0.1) is 0 Å². The Bertz CT molecular complexity index is 390. The number of carbonyl (C=O) groups is 1. The van der Waals surface area contributed by atoms with Gasteiger partial charge in [-0.2, -0.15) is 0 Å². The van der Waals surface area contributed by atoms with Crippen LogP contribution in [0.4, 0.5) is 0 Å². The molecular weight excluding hydrogens is 224 g/mol. The van der Waals surface area contributed by atoms with Crippen LogP contribution in [-0.2, 0) is 10.2 Å². The zero-order chi connectivity index (χ0) is 13.8. The van der Waals surface area contributed by atoms with Crippen molar-refractivity contribution in [3.05, 3.63) is 35.4 Å².